The lowest BCUT2D eigenvalue weighted by Gasteiger charge is -2.03. The Morgan fingerprint density at radius 1 is 1.50 bits per heavy atom. The van der Waals surface area contributed by atoms with Crippen LogP contribution >= 0.6 is 0 Å². The molecule has 1 aromatic rings. The molecule has 2 heterocycles. The molecule has 4 nitrogen and oxygen atoms in total. The van der Waals surface area contributed by atoms with E-state index in [1.807, 2.05) is 29.1 Å². The van der Waals surface area contributed by atoms with Crippen molar-refractivity contribution in [2.45, 2.75) is 19.1 Å². The largest absolute Gasteiger partial charge is 0.463 e. The molecule has 2 rings (SSSR count). The lowest BCUT2D eigenvalue weighted by Crippen LogP contribution is -2.11. The van der Waals surface area contributed by atoms with Crippen molar-refractivity contribution in [1.29, 1.82) is 0 Å². The first-order valence-electron chi connectivity index (χ1n) is 4.72. The van der Waals surface area contributed by atoms with Crippen LogP contribution in [0.5, 0.6) is 0 Å². The summed E-state index contributed by atoms with van der Waals surface area (Å²) < 4.78 is 11.9. The number of aromatic nitrogens is 1. The van der Waals surface area contributed by atoms with Gasteiger partial charge in [0.05, 0.1) is 13.0 Å². The fourth-order valence-corrected chi connectivity index (χ4v) is 1.16. The number of nitrogens with zero attached hydrogens (tertiary/aromatic N) is 1. The summed E-state index contributed by atoms with van der Waals surface area (Å²) in [6.45, 7) is 1.81. The molecule has 1 atom stereocenters. The standard InChI is InChI=1S/C10H13NO3/c12-10(14-8-9-7-13-9)3-6-11-4-1-2-5-11/h1-2,4-5,9H,3,6-8H2. The van der Waals surface area contributed by atoms with Gasteiger partial charge in [0.15, 0.2) is 0 Å². The van der Waals surface area contributed by atoms with E-state index in [-0.39, 0.29) is 12.1 Å². The van der Waals surface area contributed by atoms with Crippen molar-refractivity contribution in [3.8, 4) is 0 Å². The van der Waals surface area contributed by atoms with Crippen LogP contribution in [0.4, 0.5) is 0 Å². The van der Waals surface area contributed by atoms with E-state index in [0.717, 1.165) is 6.61 Å². The van der Waals surface area contributed by atoms with Crippen molar-refractivity contribution in [3.63, 3.8) is 0 Å². The molecule has 1 aliphatic rings. The molecule has 1 unspecified atom stereocenters. The molecule has 0 radical (unpaired) electrons. The molecule has 0 saturated carbocycles. The zero-order valence-corrected chi connectivity index (χ0v) is 7.89. The molecule has 1 saturated heterocycles. The first-order chi connectivity index (χ1) is 6.84. The highest BCUT2D eigenvalue weighted by Crippen LogP contribution is 2.09. The highest BCUT2D eigenvalue weighted by molar-refractivity contribution is 5.69. The topological polar surface area (TPSA) is 43.8 Å². The monoisotopic (exact) mass is 195 g/mol. The lowest BCUT2D eigenvalue weighted by molar-refractivity contribution is -0.144. The third-order valence-electron chi connectivity index (χ3n) is 2.07. The Morgan fingerprint density at radius 2 is 2.21 bits per heavy atom. The van der Waals surface area contributed by atoms with E-state index >= 15 is 0 Å². The highest BCUT2D eigenvalue weighted by Gasteiger charge is 2.23. The van der Waals surface area contributed by atoms with Crippen LogP contribution in [-0.4, -0.2) is 29.9 Å². The molecule has 0 aromatic carbocycles. The minimum atomic E-state index is -0.158. The second kappa shape index (κ2) is 4.28. The van der Waals surface area contributed by atoms with Gasteiger partial charge in [-0.3, -0.25) is 4.79 Å². The lowest BCUT2D eigenvalue weighted by atomic mass is 10.4. The molecule has 0 bridgehead atoms. The molecular formula is C10H13NO3. The first-order valence-corrected chi connectivity index (χ1v) is 4.72. The summed E-state index contributed by atoms with van der Waals surface area (Å²) in [7, 11) is 0. The molecule has 0 amide bonds. The molecule has 0 N–H and O–H groups in total. The van der Waals surface area contributed by atoms with Gasteiger partial charge in [-0.05, 0) is 12.1 Å². The zero-order chi connectivity index (χ0) is 9.80. The van der Waals surface area contributed by atoms with Crippen LogP contribution in [0, 0.1) is 0 Å². The van der Waals surface area contributed by atoms with Crippen LogP contribution in [0.15, 0.2) is 24.5 Å². The van der Waals surface area contributed by atoms with Crippen molar-refractivity contribution in [2.75, 3.05) is 13.2 Å². The Bertz CT molecular complexity index is 290. The maximum Gasteiger partial charge on any atom is 0.307 e. The van der Waals surface area contributed by atoms with Gasteiger partial charge in [-0.1, -0.05) is 0 Å². The Hall–Kier alpha value is -1.29. The summed E-state index contributed by atoms with van der Waals surface area (Å²) in [5.74, 6) is -0.158. The normalized spacial score (nSPS) is 19.3. The second-order valence-corrected chi connectivity index (χ2v) is 3.31. The minimum Gasteiger partial charge on any atom is -0.463 e. The van der Waals surface area contributed by atoms with Gasteiger partial charge in [0, 0.05) is 18.9 Å². The van der Waals surface area contributed by atoms with Gasteiger partial charge < -0.3 is 14.0 Å². The van der Waals surface area contributed by atoms with Crippen LogP contribution in [0.3, 0.4) is 0 Å². The Kier molecular flexibility index (Phi) is 2.84. The number of ether oxygens (including phenoxy) is 2. The molecule has 1 aliphatic heterocycles. The summed E-state index contributed by atoms with van der Waals surface area (Å²) >= 11 is 0. The molecule has 14 heavy (non-hydrogen) atoms. The number of aryl methyl sites for hydroxylation is 1. The fraction of sp³-hybridized carbons (Fsp3) is 0.500. The van der Waals surface area contributed by atoms with Gasteiger partial charge in [0.1, 0.15) is 12.7 Å². The molecule has 4 heteroatoms. The number of hydrogen-bond acceptors (Lipinski definition) is 3. The second-order valence-electron chi connectivity index (χ2n) is 3.31. The van der Waals surface area contributed by atoms with Gasteiger partial charge in [-0.15, -0.1) is 0 Å². The summed E-state index contributed by atoms with van der Waals surface area (Å²) in [4.78, 5) is 11.2. The Balaban J connectivity index is 1.62. The van der Waals surface area contributed by atoms with Crippen molar-refractivity contribution < 1.29 is 14.3 Å². The van der Waals surface area contributed by atoms with Crippen LogP contribution < -0.4 is 0 Å². The first kappa shape index (κ1) is 9.27. The van der Waals surface area contributed by atoms with Gasteiger partial charge in [-0.2, -0.15) is 0 Å². The van der Waals surface area contributed by atoms with E-state index in [0.29, 0.717) is 19.6 Å². The number of rotatable bonds is 5. The van der Waals surface area contributed by atoms with Crippen LogP contribution in [0.1, 0.15) is 6.42 Å². The predicted octanol–water partition coefficient (Wildman–Crippen LogP) is 0.820. The number of hydrogen-bond donors (Lipinski definition) is 0. The summed E-state index contributed by atoms with van der Waals surface area (Å²) in [6.07, 6.45) is 4.43. The smallest absolute Gasteiger partial charge is 0.307 e. The molecule has 1 fully saturated rings. The van der Waals surface area contributed by atoms with Crippen LogP contribution in [0.25, 0.3) is 0 Å². The average molecular weight is 195 g/mol. The number of carbonyl (C=O) groups excluding carboxylic acids is 1. The molecule has 76 valence electrons. The highest BCUT2D eigenvalue weighted by atomic mass is 16.6. The van der Waals surface area contributed by atoms with Gasteiger partial charge in [0.2, 0.25) is 0 Å². The number of epoxide rings is 1. The molecule has 0 aliphatic carbocycles. The van der Waals surface area contributed by atoms with Gasteiger partial charge in [-0.25, -0.2) is 0 Å². The van der Waals surface area contributed by atoms with E-state index in [4.69, 9.17) is 9.47 Å². The molecule has 0 spiro atoms. The van der Waals surface area contributed by atoms with E-state index in [9.17, 15) is 4.79 Å². The van der Waals surface area contributed by atoms with Crippen molar-refractivity contribution in [1.82, 2.24) is 4.57 Å². The van der Waals surface area contributed by atoms with Crippen molar-refractivity contribution in [3.05, 3.63) is 24.5 Å². The summed E-state index contributed by atoms with van der Waals surface area (Å²) in [5, 5.41) is 0. The summed E-state index contributed by atoms with van der Waals surface area (Å²) in [6, 6.07) is 3.87. The van der Waals surface area contributed by atoms with Crippen LogP contribution in [0.2, 0.25) is 0 Å². The molecule has 1 aromatic heterocycles. The van der Waals surface area contributed by atoms with E-state index < -0.39 is 0 Å². The Labute approximate surface area is 82.4 Å². The molecular weight excluding hydrogens is 182 g/mol. The quantitative estimate of drug-likeness (QED) is 0.516. The van der Waals surface area contributed by atoms with E-state index in [1.165, 1.54) is 0 Å². The average Bonchev–Trinajstić information content (AvgIpc) is 2.87. The maximum atomic E-state index is 11.2. The fourth-order valence-electron chi connectivity index (χ4n) is 1.16. The van der Waals surface area contributed by atoms with Gasteiger partial charge >= 0.3 is 5.97 Å². The van der Waals surface area contributed by atoms with Crippen molar-refractivity contribution in [2.24, 2.45) is 0 Å². The number of esters is 1. The Morgan fingerprint density at radius 3 is 2.86 bits per heavy atom. The van der Waals surface area contributed by atoms with Crippen LogP contribution in [-0.2, 0) is 20.8 Å². The number of carbonyl (C=O) groups is 1. The van der Waals surface area contributed by atoms with E-state index in [1.54, 1.807) is 0 Å². The SMILES string of the molecule is O=C(CCn1cccc1)OCC1CO1. The minimum absolute atomic E-state index is 0.158. The zero-order valence-electron chi connectivity index (χ0n) is 7.89. The maximum absolute atomic E-state index is 11.2. The predicted molar refractivity (Wildman–Crippen MR) is 49.7 cm³/mol. The van der Waals surface area contributed by atoms with Gasteiger partial charge in [0.25, 0.3) is 0 Å². The third-order valence-corrected chi connectivity index (χ3v) is 2.07. The van der Waals surface area contributed by atoms with E-state index in [2.05, 4.69) is 0 Å². The third kappa shape index (κ3) is 2.88. The summed E-state index contributed by atoms with van der Waals surface area (Å²) in [5.41, 5.74) is 0. The van der Waals surface area contributed by atoms with Crippen molar-refractivity contribution >= 4 is 5.97 Å².